The van der Waals surface area contributed by atoms with Gasteiger partial charge in [-0.1, -0.05) is 67.7 Å². The van der Waals surface area contributed by atoms with Crippen LogP contribution in [0.1, 0.15) is 39.0 Å². The van der Waals surface area contributed by atoms with Gasteiger partial charge in [-0.05, 0) is 25.7 Å². The molecule has 0 saturated heterocycles. The van der Waals surface area contributed by atoms with Crippen LogP contribution in [-0.4, -0.2) is 44.7 Å². The van der Waals surface area contributed by atoms with E-state index >= 15 is 0 Å². The molecule has 0 aliphatic heterocycles. The molecule has 3 atom stereocenters. The average molecular weight is 350 g/mol. The zero-order valence-electron chi connectivity index (χ0n) is 14.7. The van der Waals surface area contributed by atoms with E-state index in [2.05, 4.69) is 0 Å². The molecule has 0 heterocycles. The standard InChI is InChI=1S/C20H30O5/c1-2-3-8-14-18(22)19(23)15-10-7-5-4-6-9-12-17(21)13-11-16-20(24)25/h3-10,12,15,17-19,21-23H,2,11,13-14,16H2,1H3,(H,24,25)/t17-,18+,19-/m1/s1. The first-order valence-corrected chi connectivity index (χ1v) is 8.56. The summed E-state index contributed by atoms with van der Waals surface area (Å²) in [5, 5.41) is 37.5. The van der Waals surface area contributed by atoms with Crippen molar-refractivity contribution in [1.29, 1.82) is 0 Å². The number of carbonyl (C=O) groups is 1. The first-order chi connectivity index (χ1) is 12.0. The summed E-state index contributed by atoms with van der Waals surface area (Å²) < 4.78 is 0. The molecule has 140 valence electrons. The number of rotatable bonds is 13. The van der Waals surface area contributed by atoms with Crippen LogP contribution in [0.4, 0.5) is 0 Å². The van der Waals surface area contributed by atoms with Gasteiger partial charge in [-0.15, -0.1) is 0 Å². The highest BCUT2D eigenvalue weighted by molar-refractivity contribution is 5.66. The molecule has 0 bridgehead atoms. The summed E-state index contributed by atoms with van der Waals surface area (Å²) in [6.07, 6.45) is 17.1. The largest absolute Gasteiger partial charge is 0.481 e. The molecular weight excluding hydrogens is 320 g/mol. The summed E-state index contributed by atoms with van der Waals surface area (Å²) in [6.45, 7) is 2.01. The van der Waals surface area contributed by atoms with Gasteiger partial charge >= 0.3 is 5.97 Å². The highest BCUT2D eigenvalue weighted by atomic mass is 16.4. The maximum atomic E-state index is 10.3. The van der Waals surface area contributed by atoms with Gasteiger partial charge in [0.05, 0.1) is 18.3 Å². The Balaban J connectivity index is 4.01. The molecule has 0 saturated carbocycles. The number of aliphatic hydroxyl groups excluding tert-OH is 3. The number of hydrogen-bond acceptors (Lipinski definition) is 4. The van der Waals surface area contributed by atoms with Gasteiger partial charge in [0.15, 0.2) is 0 Å². The molecule has 0 aliphatic carbocycles. The molecule has 0 rings (SSSR count). The van der Waals surface area contributed by atoms with E-state index in [1.54, 1.807) is 42.5 Å². The van der Waals surface area contributed by atoms with E-state index in [4.69, 9.17) is 5.11 Å². The van der Waals surface area contributed by atoms with Crippen LogP contribution in [0.25, 0.3) is 0 Å². The van der Waals surface area contributed by atoms with Crippen molar-refractivity contribution in [2.75, 3.05) is 0 Å². The smallest absolute Gasteiger partial charge is 0.303 e. The van der Waals surface area contributed by atoms with Crippen LogP contribution >= 0.6 is 0 Å². The zero-order chi connectivity index (χ0) is 18.9. The molecule has 0 aliphatic rings. The maximum Gasteiger partial charge on any atom is 0.303 e. The summed E-state index contributed by atoms with van der Waals surface area (Å²) in [7, 11) is 0. The van der Waals surface area contributed by atoms with Crippen molar-refractivity contribution in [3.63, 3.8) is 0 Å². The van der Waals surface area contributed by atoms with Gasteiger partial charge in [0, 0.05) is 6.42 Å². The maximum absolute atomic E-state index is 10.3. The van der Waals surface area contributed by atoms with Crippen LogP contribution in [0.5, 0.6) is 0 Å². The lowest BCUT2D eigenvalue weighted by Crippen LogP contribution is -2.22. The minimum atomic E-state index is -0.906. The lowest BCUT2D eigenvalue weighted by molar-refractivity contribution is -0.137. The van der Waals surface area contributed by atoms with E-state index in [0.29, 0.717) is 19.3 Å². The minimum absolute atomic E-state index is 0.0608. The third-order valence-corrected chi connectivity index (χ3v) is 3.26. The quantitative estimate of drug-likeness (QED) is 0.302. The minimum Gasteiger partial charge on any atom is -0.481 e. The van der Waals surface area contributed by atoms with Crippen LogP contribution in [0.15, 0.2) is 60.8 Å². The fourth-order valence-electron chi connectivity index (χ4n) is 1.86. The second-order valence-electron chi connectivity index (χ2n) is 5.57. The molecule has 0 amide bonds. The zero-order valence-corrected chi connectivity index (χ0v) is 14.7. The monoisotopic (exact) mass is 350 g/mol. The van der Waals surface area contributed by atoms with Crippen LogP contribution < -0.4 is 0 Å². The Hall–Kier alpha value is -1.95. The van der Waals surface area contributed by atoms with E-state index in [0.717, 1.165) is 6.42 Å². The van der Waals surface area contributed by atoms with Gasteiger partial charge in [0.25, 0.3) is 0 Å². The Morgan fingerprint density at radius 3 is 2.12 bits per heavy atom. The Bertz CT molecular complexity index is 488. The molecule has 0 aromatic carbocycles. The Kier molecular flexibility index (Phi) is 14.4. The second-order valence-corrected chi connectivity index (χ2v) is 5.57. The van der Waals surface area contributed by atoms with Crippen molar-refractivity contribution >= 4 is 5.97 Å². The molecule has 4 N–H and O–H groups in total. The van der Waals surface area contributed by atoms with Crippen molar-refractivity contribution < 1.29 is 25.2 Å². The van der Waals surface area contributed by atoms with Crippen molar-refractivity contribution in [2.24, 2.45) is 0 Å². The Morgan fingerprint density at radius 1 is 0.920 bits per heavy atom. The molecule has 0 fully saturated rings. The number of carboxylic acids is 1. The molecule has 5 heteroatoms. The molecule has 0 aromatic heterocycles. The summed E-state index contributed by atoms with van der Waals surface area (Å²) in [4.78, 5) is 10.3. The summed E-state index contributed by atoms with van der Waals surface area (Å²) >= 11 is 0. The van der Waals surface area contributed by atoms with E-state index < -0.39 is 24.3 Å². The molecule has 25 heavy (non-hydrogen) atoms. The highest BCUT2D eigenvalue weighted by Crippen LogP contribution is 2.03. The van der Waals surface area contributed by atoms with Gasteiger partial charge in [-0.2, -0.15) is 0 Å². The van der Waals surface area contributed by atoms with Gasteiger partial charge in [0.2, 0.25) is 0 Å². The van der Waals surface area contributed by atoms with Crippen molar-refractivity contribution in [2.45, 2.75) is 57.3 Å². The lowest BCUT2D eigenvalue weighted by atomic mass is 10.1. The average Bonchev–Trinajstić information content (AvgIpc) is 2.56. The number of hydrogen-bond donors (Lipinski definition) is 4. The van der Waals surface area contributed by atoms with Crippen LogP contribution in [0.2, 0.25) is 0 Å². The third-order valence-electron chi connectivity index (χ3n) is 3.26. The Morgan fingerprint density at radius 2 is 1.52 bits per heavy atom. The van der Waals surface area contributed by atoms with E-state index in [1.165, 1.54) is 6.08 Å². The fraction of sp³-hybridized carbons (Fsp3) is 0.450. The molecule has 0 unspecified atom stereocenters. The SMILES string of the molecule is CCC=CC[C@H](O)[C@H](O)C=CC=CC=CC=C[C@@H](O)CCCC(=O)O. The van der Waals surface area contributed by atoms with Gasteiger partial charge in [-0.3, -0.25) is 4.79 Å². The van der Waals surface area contributed by atoms with Crippen molar-refractivity contribution in [3.8, 4) is 0 Å². The number of aliphatic carboxylic acids is 1. The van der Waals surface area contributed by atoms with Gasteiger partial charge in [-0.25, -0.2) is 0 Å². The Labute approximate surface area is 150 Å². The van der Waals surface area contributed by atoms with Gasteiger partial charge < -0.3 is 20.4 Å². The van der Waals surface area contributed by atoms with Crippen molar-refractivity contribution in [3.05, 3.63) is 60.8 Å². The third kappa shape index (κ3) is 15.3. The molecule has 0 radical (unpaired) electrons. The second kappa shape index (κ2) is 15.6. The van der Waals surface area contributed by atoms with E-state index in [1.807, 2.05) is 19.1 Å². The predicted molar refractivity (Wildman–Crippen MR) is 100 cm³/mol. The lowest BCUT2D eigenvalue weighted by Gasteiger charge is -2.11. The summed E-state index contributed by atoms with van der Waals surface area (Å²) in [6, 6.07) is 0. The number of aliphatic hydroxyl groups is 3. The predicted octanol–water partition coefficient (Wildman–Crippen LogP) is 2.91. The van der Waals surface area contributed by atoms with Crippen LogP contribution in [0.3, 0.4) is 0 Å². The molecule has 0 spiro atoms. The van der Waals surface area contributed by atoms with Crippen molar-refractivity contribution in [1.82, 2.24) is 0 Å². The molecular formula is C20H30O5. The molecule has 0 aromatic rings. The first kappa shape index (κ1) is 23.1. The first-order valence-electron chi connectivity index (χ1n) is 8.56. The normalized spacial score (nSPS) is 16.6. The molecule has 5 nitrogen and oxygen atoms in total. The van der Waals surface area contributed by atoms with E-state index in [-0.39, 0.29) is 6.42 Å². The summed E-state index contributed by atoms with van der Waals surface area (Å²) in [5.74, 6) is -0.857. The van der Waals surface area contributed by atoms with Crippen LogP contribution in [0, 0.1) is 0 Å². The highest BCUT2D eigenvalue weighted by Gasteiger charge is 2.10. The van der Waals surface area contributed by atoms with Crippen LogP contribution in [-0.2, 0) is 4.79 Å². The van der Waals surface area contributed by atoms with E-state index in [9.17, 15) is 20.1 Å². The fourth-order valence-corrected chi connectivity index (χ4v) is 1.86. The summed E-state index contributed by atoms with van der Waals surface area (Å²) in [5.41, 5.74) is 0. The van der Waals surface area contributed by atoms with Gasteiger partial charge in [0.1, 0.15) is 0 Å². The topological polar surface area (TPSA) is 98.0 Å². The number of allylic oxidation sites excluding steroid dienone is 7. The number of carboxylic acid groups (broad SMARTS) is 1.